The minimum atomic E-state index is -5.08. The van der Waals surface area contributed by atoms with Crippen LogP contribution in [-0.2, 0) is 16.6 Å². The molecule has 0 radical (unpaired) electrons. The number of alkyl halides is 3. The molecule has 2 aliphatic rings. The average Bonchev–Trinajstić information content (AvgIpc) is 3.40. The molecule has 2 saturated heterocycles. The molecule has 2 aliphatic heterocycles. The van der Waals surface area contributed by atoms with Crippen molar-refractivity contribution in [1.82, 2.24) is 19.5 Å². The monoisotopic (exact) mass is 612 g/mol. The van der Waals surface area contributed by atoms with E-state index in [0.717, 1.165) is 43.8 Å². The quantitative estimate of drug-likeness (QED) is 0.416. The van der Waals surface area contributed by atoms with E-state index in [0.29, 0.717) is 37.3 Å². The van der Waals surface area contributed by atoms with Crippen LogP contribution in [0.5, 0.6) is 0 Å². The number of piperazine rings is 1. The van der Waals surface area contributed by atoms with Crippen molar-refractivity contribution in [2.24, 2.45) is 18.7 Å². The molecule has 3 aromatic rings. The van der Waals surface area contributed by atoms with Crippen molar-refractivity contribution < 1.29 is 32.3 Å². The third-order valence-corrected chi connectivity index (χ3v) is 7.31. The van der Waals surface area contributed by atoms with Crippen LogP contribution in [0.1, 0.15) is 12.8 Å². The molecule has 3 N–H and O–H groups in total. The Morgan fingerprint density at radius 3 is 2.00 bits per heavy atom. The van der Waals surface area contributed by atoms with Crippen LogP contribution in [0.15, 0.2) is 36.7 Å². The number of benzene rings is 1. The lowest BCUT2D eigenvalue weighted by Crippen LogP contribution is -2.47. The van der Waals surface area contributed by atoms with E-state index in [1.807, 2.05) is 23.9 Å². The van der Waals surface area contributed by atoms with Crippen molar-refractivity contribution in [2.45, 2.75) is 19.0 Å². The summed E-state index contributed by atoms with van der Waals surface area (Å²) in [5.74, 6) is -0.572. The molecular formula is C26H29ClF4N8O3. The van der Waals surface area contributed by atoms with Crippen LogP contribution in [0, 0.1) is 11.7 Å². The number of carboxylic acid groups (broad SMARTS) is 1. The Kier molecular flexibility index (Phi) is 9.39. The van der Waals surface area contributed by atoms with E-state index >= 15 is 0 Å². The number of aryl methyl sites for hydroxylation is 1. The van der Waals surface area contributed by atoms with Gasteiger partial charge in [-0.15, -0.1) is 0 Å². The van der Waals surface area contributed by atoms with E-state index in [9.17, 15) is 22.4 Å². The largest absolute Gasteiger partial charge is 0.490 e. The molecule has 0 unspecified atom stereocenters. The highest BCUT2D eigenvalue weighted by atomic mass is 35.5. The molecule has 0 bridgehead atoms. The van der Waals surface area contributed by atoms with Gasteiger partial charge in [0.15, 0.2) is 5.82 Å². The number of aromatic nitrogens is 4. The maximum Gasteiger partial charge on any atom is 0.490 e. The molecular weight excluding hydrogens is 584 g/mol. The van der Waals surface area contributed by atoms with Gasteiger partial charge in [0.2, 0.25) is 11.9 Å². The average molecular weight is 613 g/mol. The molecule has 0 aliphatic carbocycles. The van der Waals surface area contributed by atoms with Gasteiger partial charge in [0.1, 0.15) is 17.5 Å². The number of aliphatic carboxylic acids is 1. The second-order valence-electron chi connectivity index (χ2n) is 9.82. The number of piperidine rings is 1. The smallest absolute Gasteiger partial charge is 0.475 e. The minimum Gasteiger partial charge on any atom is -0.475 e. The highest BCUT2D eigenvalue weighted by molar-refractivity contribution is 6.31. The Balaban J connectivity index is 0.000000517. The highest BCUT2D eigenvalue weighted by Crippen LogP contribution is 2.30. The molecule has 0 atom stereocenters. The summed E-state index contributed by atoms with van der Waals surface area (Å²) < 4.78 is 47.6. The van der Waals surface area contributed by atoms with Crippen molar-refractivity contribution >= 4 is 41.1 Å². The second-order valence-corrected chi connectivity index (χ2v) is 10.2. The fraction of sp³-hybridized carbons (Fsp3) is 0.423. The highest BCUT2D eigenvalue weighted by Gasteiger charge is 2.38. The summed E-state index contributed by atoms with van der Waals surface area (Å²) in [6.45, 7) is 4.53. The Morgan fingerprint density at radius 2 is 1.52 bits per heavy atom. The van der Waals surface area contributed by atoms with E-state index in [1.54, 1.807) is 18.3 Å². The van der Waals surface area contributed by atoms with Crippen LogP contribution in [0.3, 0.4) is 0 Å². The van der Waals surface area contributed by atoms with E-state index < -0.39 is 18.0 Å². The summed E-state index contributed by atoms with van der Waals surface area (Å²) in [5, 5.41) is 7.16. The molecule has 1 aromatic carbocycles. The molecule has 42 heavy (non-hydrogen) atoms. The van der Waals surface area contributed by atoms with Gasteiger partial charge in [0.25, 0.3) is 0 Å². The van der Waals surface area contributed by atoms with E-state index in [4.69, 9.17) is 37.2 Å². The third-order valence-electron chi connectivity index (χ3n) is 7.02. The molecule has 2 aromatic heterocycles. The van der Waals surface area contributed by atoms with Gasteiger partial charge in [-0.1, -0.05) is 11.6 Å². The van der Waals surface area contributed by atoms with Gasteiger partial charge in [0.05, 0.1) is 5.02 Å². The fourth-order valence-electron chi connectivity index (χ4n) is 4.70. The topological polar surface area (TPSA) is 134 Å². The zero-order valence-electron chi connectivity index (χ0n) is 22.6. The Labute approximate surface area is 243 Å². The minimum absolute atomic E-state index is 0.0315. The molecule has 5 rings (SSSR count). The van der Waals surface area contributed by atoms with Gasteiger partial charge >= 0.3 is 12.1 Å². The molecule has 1 amide bonds. The maximum atomic E-state index is 13.8. The Hall–Kier alpha value is -4.14. The van der Waals surface area contributed by atoms with Gasteiger partial charge in [-0.3, -0.25) is 4.79 Å². The molecule has 16 heteroatoms. The van der Waals surface area contributed by atoms with Crippen LogP contribution >= 0.6 is 11.6 Å². The first-order valence-corrected chi connectivity index (χ1v) is 13.4. The zero-order chi connectivity index (χ0) is 30.6. The number of carbonyl (C=O) groups excluding carboxylic acids is 1. The summed E-state index contributed by atoms with van der Waals surface area (Å²) in [7, 11) is 1.99. The molecule has 0 saturated carbocycles. The van der Waals surface area contributed by atoms with E-state index in [2.05, 4.69) is 19.7 Å². The fourth-order valence-corrected chi connectivity index (χ4v) is 4.88. The van der Waals surface area contributed by atoms with Gasteiger partial charge in [-0.2, -0.15) is 13.2 Å². The van der Waals surface area contributed by atoms with Crippen molar-refractivity contribution in [3.05, 3.63) is 47.5 Å². The first-order valence-electron chi connectivity index (χ1n) is 13.0. The van der Waals surface area contributed by atoms with Crippen LogP contribution < -0.4 is 20.4 Å². The molecule has 11 nitrogen and oxygen atoms in total. The summed E-state index contributed by atoms with van der Waals surface area (Å²) >= 11 is 6.06. The normalized spacial score (nSPS) is 16.2. The van der Waals surface area contributed by atoms with Crippen molar-refractivity contribution in [3.8, 4) is 11.4 Å². The Morgan fingerprint density at radius 1 is 0.976 bits per heavy atom. The van der Waals surface area contributed by atoms with Crippen LogP contribution in [0.25, 0.3) is 11.4 Å². The number of carbonyl (C=O) groups is 2. The van der Waals surface area contributed by atoms with Gasteiger partial charge in [0, 0.05) is 76.3 Å². The molecule has 4 heterocycles. The number of imidazole rings is 1. The number of primary amides is 1. The predicted octanol–water partition coefficient (Wildman–Crippen LogP) is 3.33. The lowest BCUT2D eigenvalue weighted by molar-refractivity contribution is -0.192. The number of hydrogen-bond acceptors (Lipinski definition) is 8. The number of nitrogens with two attached hydrogens (primary N) is 1. The van der Waals surface area contributed by atoms with Crippen LogP contribution in [-0.4, -0.2) is 81.9 Å². The number of halogens is 5. The number of nitrogens with zero attached hydrogens (tertiary/aromatic N) is 7. The molecule has 2 fully saturated rings. The number of anilines is 3. The SMILES string of the molecule is Cn1ccnc1N1CCN(c2cc(N3CCC(C(N)=O)CC3)nc(-c3ccc(F)c(Cl)c3)n2)CC1.O=C(O)C(F)(F)F. The second kappa shape index (κ2) is 12.8. The van der Waals surface area contributed by atoms with Crippen LogP contribution in [0.2, 0.25) is 5.02 Å². The van der Waals surface area contributed by atoms with Crippen molar-refractivity contribution in [3.63, 3.8) is 0 Å². The summed E-state index contributed by atoms with van der Waals surface area (Å²) in [6, 6.07) is 6.52. The first-order chi connectivity index (χ1) is 19.8. The summed E-state index contributed by atoms with van der Waals surface area (Å²) in [6.07, 6.45) is 0.0449. The number of rotatable bonds is 5. The zero-order valence-corrected chi connectivity index (χ0v) is 23.3. The van der Waals surface area contributed by atoms with Crippen molar-refractivity contribution in [1.29, 1.82) is 0 Å². The first kappa shape index (κ1) is 30.8. The molecule has 0 spiro atoms. The van der Waals surface area contributed by atoms with Gasteiger partial charge in [-0.05, 0) is 31.0 Å². The van der Waals surface area contributed by atoms with Crippen LogP contribution in [0.4, 0.5) is 35.1 Å². The summed E-state index contributed by atoms with van der Waals surface area (Å²) in [4.78, 5) is 41.2. The lowest BCUT2D eigenvalue weighted by Gasteiger charge is -2.37. The van der Waals surface area contributed by atoms with Gasteiger partial charge in [-0.25, -0.2) is 24.1 Å². The number of hydrogen-bond donors (Lipinski definition) is 2. The predicted molar refractivity (Wildman–Crippen MR) is 148 cm³/mol. The van der Waals surface area contributed by atoms with Gasteiger partial charge < -0.3 is 30.1 Å². The number of carboxylic acids is 1. The van der Waals surface area contributed by atoms with E-state index in [1.165, 1.54) is 6.07 Å². The number of amides is 1. The standard InChI is InChI=1S/C24H28ClFN8O.C2HF3O2/c1-31-9-6-28-24(31)34-12-10-33(11-13-34)21-15-20(32-7-4-16(5-8-32)22(27)35)29-23(30-21)17-2-3-19(26)18(25)14-17;3-2(4,5)1(6)7/h2-3,6,9,14-16H,4-5,7-8,10-13H2,1H3,(H2,27,35);(H,6,7). The Bertz CT molecular complexity index is 1420. The summed E-state index contributed by atoms with van der Waals surface area (Å²) in [5.41, 5.74) is 6.16. The van der Waals surface area contributed by atoms with E-state index in [-0.39, 0.29) is 16.8 Å². The maximum absolute atomic E-state index is 13.8. The molecule has 226 valence electrons. The third kappa shape index (κ3) is 7.38. The van der Waals surface area contributed by atoms with Crippen molar-refractivity contribution in [2.75, 3.05) is 54.0 Å². The lowest BCUT2D eigenvalue weighted by atomic mass is 9.96.